The van der Waals surface area contributed by atoms with Crippen LogP contribution in [0.25, 0.3) is 33.9 Å². The fourth-order valence-corrected chi connectivity index (χ4v) is 2.95. The van der Waals surface area contributed by atoms with E-state index in [1.165, 1.54) is 6.33 Å². The zero-order valence-corrected chi connectivity index (χ0v) is 22.0. The Balaban J connectivity index is 0.000000172. The van der Waals surface area contributed by atoms with Crippen molar-refractivity contribution in [3.05, 3.63) is 147 Å². The third-order valence-electron chi connectivity index (χ3n) is 4.60. The van der Waals surface area contributed by atoms with Crippen molar-refractivity contribution in [1.29, 1.82) is 0 Å². The fraction of sp³-hybridized carbons (Fsp3) is 0. The molecule has 0 spiro atoms. The molecule has 0 N–H and O–H groups in total. The molecule has 180 valence electrons. The summed E-state index contributed by atoms with van der Waals surface area (Å²) < 4.78 is 0. The fourth-order valence-electron chi connectivity index (χ4n) is 2.95. The summed E-state index contributed by atoms with van der Waals surface area (Å²) in [6, 6.07) is 36.1. The second-order valence-electron chi connectivity index (χ2n) is 7.09. The molecular formula is C30H21IrN6. The molecule has 6 rings (SSSR count). The Bertz CT molecular complexity index is 1290. The normalized spacial score (nSPS) is 9.41. The van der Waals surface area contributed by atoms with Crippen molar-refractivity contribution in [3.63, 3.8) is 0 Å². The molecule has 0 unspecified atom stereocenters. The molecule has 37 heavy (non-hydrogen) atoms. The van der Waals surface area contributed by atoms with Crippen LogP contribution in [-0.2, 0) is 20.1 Å². The summed E-state index contributed by atoms with van der Waals surface area (Å²) in [4.78, 5) is 24.4. The van der Waals surface area contributed by atoms with E-state index < -0.39 is 0 Å². The number of hydrogen-bond acceptors (Lipinski definition) is 6. The molecular weight excluding hydrogens is 637 g/mol. The van der Waals surface area contributed by atoms with Gasteiger partial charge in [0.25, 0.3) is 0 Å². The maximum absolute atomic E-state index is 4.59. The van der Waals surface area contributed by atoms with Gasteiger partial charge in [-0.05, 0) is 23.5 Å². The molecule has 3 heterocycles. The number of benzene rings is 3. The molecule has 3 aromatic heterocycles. The van der Waals surface area contributed by atoms with Crippen LogP contribution in [0.3, 0.4) is 0 Å². The Kier molecular flexibility index (Phi) is 11.4. The Morgan fingerprint density at radius 2 is 0.973 bits per heavy atom. The van der Waals surface area contributed by atoms with Crippen LogP contribution in [0.15, 0.2) is 128 Å². The molecule has 0 amide bonds. The zero-order chi connectivity index (χ0) is 24.7. The minimum absolute atomic E-state index is 0. The smallest absolute Gasteiger partial charge is 0.342 e. The van der Waals surface area contributed by atoms with Gasteiger partial charge in [0.2, 0.25) is 0 Å². The molecule has 0 fully saturated rings. The molecule has 6 nitrogen and oxygen atoms in total. The predicted molar refractivity (Wildman–Crippen MR) is 139 cm³/mol. The first-order valence-corrected chi connectivity index (χ1v) is 11.1. The number of aromatic nitrogens is 6. The standard InChI is InChI=1S/C16H10N2.C10H7N2.C4H4N2.Ir/c1-3-7-13(8-4-1)15-11-17-12-16(18-15)14-9-5-2-6-10-14;1-2-5-9(6-3-1)10-11-7-4-8-12-10;1-2-5-4-6-3-1;/h1-7,9,11-12H;1-5,7-8H;1-4H;/q-2;-1;;+3. The van der Waals surface area contributed by atoms with Crippen LogP contribution in [0.1, 0.15) is 0 Å². The molecule has 0 aliphatic rings. The molecule has 6 aromatic rings. The van der Waals surface area contributed by atoms with E-state index >= 15 is 0 Å². The minimum atomic E-state index is 0. The van der Waals surface area contributed by atoms with Crippen molar-refractivity contribution in [3.8, 4) is 33.9 Å². The summed E-state index contributed by atoms with van der Waals surface area (Å²) in [6.45, 7) is 0. The maximum Gasteiger partial charge on any atom is 3.00 e. The summed E-state index contributed by atoms with van der Waals surface area (Å²) in [6.07, 6.45) is 11.8. The third kappa shape index (κ3) is 8.93. The van der Waals surface area contributed by atoms with Crippen LogP contribution in [-0.4, -0.2) is 29.9 Å². The second-order valence-corrected chi connectivity index (χ2v) is 7.09. The van der Waals surface area contributed by atoms with Gasteiger partial charge >= 0.3 is 20.1 Å². The van der Waals surface area contributed by atoms with Gasteiger partial charge in [-0.3, -0.25) is 15.0 Å². The van der Waals surface area contributed by atoms with Crippen LogP contribution in [0.5, 0.6) is 0 Å². The zero-order valence-electron chi connectivity index (χ0n) is 19.6. The molecule has 0 bridgehead atoms. The van der Waals surface area contributed by atoms with Crippen molar-refractivity contribution in [2.45, 2.75) is 0 Å². The molecule has 0 saturated heterocycles. The quantitative estimate of drug-likeness (QED) is 0.223. The summed E-state index contributed by atoms with van der Waals surface area (Å²) in [7, 11) is 0. The minimum Gasteiger partial charge on any atom is -0.342 e. The summed E-state index contributed by atoms with van der Waals surface area (Å²) in [5, 5.41) is 0. The third-order valence-corrected chi connectivity index (χ3v) is 4.60. The topological polar surface area (TPSA) is 77.3 Å². The van der Waals surface area contributed by atoms with E-state index in [-0.39, 0.29) is 20.1 Å². The SMILES string of the molecule is [Ir+3].[c-]1ccccc1-c1cncc(-c2[c-]cccc2)n1.[c-]1ccccc1-c1ncccn1.c1cncnc1. The number of nitrogens with zero attached hydrogens (tertiary/aromatic N) is 6. The summed E-state index contributed by atoms with van der Waals surface area (Å²) in [5.74, 6) is 0.720. The van der Waals surface area contributed by atoms with Crippen molar-refractivity contribution >= 4 is 0 Å². The van der Waals surface area contributed by atoms with Crippen molar-refractivity contribution in [2.75, 3.05) is 0 Å². The van der Waals surface area contributed by atoms with Crippen LogP contribution < -0.4 is 0 Å². The monoisotopic (exact) mass is 658 g/mol. The first-order chi connectivity index (χ1) is 17.9. The van der Waals surface area contributed by atoms with Gasteiger partial charge in [0.1, 0.15) is 6.33 Å². The van der Waals surface area contributed by atoms with E-state index in [2.05, 4.69) is 48.1 Å². The van der Waals surface area contributed by atoms with Crippen LogP contribution in [0.2, 0.25) is 0 Å². The van der Waals surface area contributed by atoms with E-state index in [1.807, 2.05) is 72.8 Å². The molecule has 0 radical (unpaired) electrons. The van der Waals surface area contributed by atoms with E-state index in [4.69, 9.17) is 0 Å². The van der Waals surface area contributed by atoms with E-state index in [1.54, 1.807) is 49.3 Å². The Morgan fingerprint density at radius 1 is 0.486 bits per heavy atom. The average molecular weight is 658 g/mol. The molecule has 0 aliphatic carbocycles. The van der Waals surface area contributed by atoms with E-state index in [0.717, 1.165) is 33.9 Å². The Hall–Kier alpha value is -4.45. The van der Waals surface area contributed by atoms with Gasteiger partial charge < -0.3 is 4.98 Å². The second kappa shape index (κ2) is 15.5. The Labute approximate surface area is 230 Å². The van der Waals surface area contributed by atoms with E-state index in [0.29, 0.717) is 0 Å². The average Bonchev–Trinajstić information content (AvgIpc) is 3.01. The molecule has 7 heteroatoms. The van der Waals surface area contributed by atoms with Crippen molar-refractivity contribution < 1.29 is 20.1 Å². The predicted octanol–water partition coefficient (Wildman–Crippen LogP) is 5.83. The largest absolute Gasteiger partial charge is 3.00 e. The van der Waals surface area contributed by atoms with Gasteiger partial charge in [-0.1, -0.05) is 0 Å². The summed E-state index contributed by atoms with van der Waals surface area (Å²) >= 11 is 0. The van der Waals surface area contributed by atoms with Gasteiger partial charge in [-0.25, -0.2) is 9.97 Å². The van der Waals surface area contributed by atoms with Crippen molar-refractivity contribution in [2.24, 2.45) is 0 Å². The van der Waals surface area contributed by atoms with Crippen LogP contribution in [0, 0.1) is 18.2 Å². The first kappa shape index (κ1) is 27.1. The number of hydrogen-bond donors (Lipinski definition) is 0. The van der Waals surface area contributed by atoms with Gasteiger partial charge in [0, 0.05) is 37.2 Å². The Morgan fingerprint density at radius 3 is 1.38 bits per heavy atom. The van der Waals surface area contributed by atoms with E-state index in [9.17, 15) is 0 Å². The molecule has 0 saturated carbocycles. The molecule has 0 aliphatic heterocycles. The van der Waals surface area contributed by atoms with Gasteiger partial charge in [0.15, 0.2) is 0 Å². The van der Waals surface area contributed by atoms with Gasteiger partial charge in [-0.15, -0.1) is 108 Å². The molecule has 0 atom stereocenters. The van der Waals surface area contributed by atoms with Crippen LogP contribution in [0.4, 0.5) is 0 Å². The van der Waals surface area contributed by atoms with Crippen LogP contribution >= 0.6 is 0 Å². The van der Waals surface area contributed by atoms with Gasteiger partial charge in [0.05, 0.1) is 5.82 Å². The first-order valence-electron chi connectivity index (χ1n) is 11.1. The molecule has 3 aromatic carbocycles. The van der Waals surface area contributed by atoms with Gasteiger partial charge in [-0.2, -0.15) is 0 Å². The maximum atomic E-state index is 4.59. The number of rotatable bonds is 3. The van der Waals surface area contributed by atoms with Crippen molar-refractivity contribution in [1.82, 2.24) is 29.9 Å². The summed E-state index contributed by atoms with van der Waals surface area (Å²) in [5.41, 5.74) is 4.47.